The Labute approximate surface area is 158 Å². The minimum absolute atomic E-state index is 0.253. The molecule has 0 amide bonds. The Morgan fingerprint density at radius 3 is 2.50 bits per heavy atom. The first-order chi connectivity index (χ1) is 12.7. The van der Waals surface area contributed by atoms with Crippen LogP contribution < -0.4 is 4.90 Å². The molecule has 6 heteroatoms. The first-order valence-electron chi connectivity index (χ1n) is 9.06. The molecule has 1 aliphatic rings. The van der Waals surface area contributed by atoms with Crippen LogP contribution in [0, 0.1) is 6.92 Å². The second kappa shape index (κ2) is 7.50. The third-order valence-corrected chi connectivity index (χ3v) is 5.83. The molecule has 1 aliphatic heterocycles. The molecular weight excluding hydrogens is 342 g/mol. The number of anilines is 1. The zero-order valence-electron chi connectivity index (χ0n) is 15.2. The van der Waals surface area contributed by atoms with Crippen LogP contribution in [0.4, 0.5) is 5.95 Å². The van der Waals surface area contributed by atoms with E-state index in [4.69, 9.17) is 0 Å². The van der Waals surface area contributed by atoms with E-state index in [-0.39, 0.29) is 5.25 Å². The number of nitrogens with zero attached hydrogens (tertiary/aromatic N) is 5. The molecule has 4 rings (SSSR count). The van der Waals surface area contributed by atoms with Crippen LogP contribution in [0.2, 0.25) is 0 Å². The Morgan fingerprint density at radius 2 is 1.81 bits per heavy atom. The molecule has 26 heavy (non-hydrogen) atoms. The van der Waals surface area contributed by atoms with Gasteiger partial charge >= 0.3 is 0 Å². The van der Waals surface area contributed by atoms with Crippen molar-refractivity contribution >= 4 is 17.7 Å². The molecule has 1 aromatic carbocycles. The van der Waals surface area contributed by atoms with Crippen molar-refractivity contribution < 1.29 is 0 Å². The van der Waals surface area contributed by atoms with E-state index in [1.165, 1.54) is 24.0 Å². The number of hydrogen-bond donors (Lipinski definition) is 0. The zero-order valence-corrected chi connectivity index (χ0v) is 16.0. The van der Waals surface area contributed by atoms with Crippen LogP contribution in [0.15, 0.2) is 53.9 Å². The van der Waals surface area contributed by atoms with Gasteiger partial charge < -0.3 is 4.90 Å². The average Bonchev–Trinajstić information content (AvgIpc) is 3.33. The Balaban J connectivity index is 1.71. The third-order valence-electron chi connectivity index (χ3n) is 4.73. The lowest BCUT2D eigenvalue weighted by molar-refractivity contribution is 0.838. The molecule has 0 spiro atoms. The molecule has 1 unspecified atom stereocenters. The van der Waals surface area contributed by atoms with Gasteiger partial charge in [-0.15, -0.1) is 10.2 Å². The largest absolute Gasteiger partial charge is 0.341 e. The van der Waals surface area contributed by atoms with Gasteiger partial charge in [-0.25, -0.2) is 0 Å². The number of benzene rings is 1. The number of hydrogen-bond acceptors (Lipinski definition) is 5. The van der Waals surface area contributed by atoms with Crippen LogP contribution in [0.1, 0.15) is 36.1 Å². The Morgan fingerprint density at radius 1 is 1.04 bits per heavy atom. The first-order valence-corrected chi connectivity index (χ1v) is 9.94. The summed E-state index contributed by atoms with van der Waals surface area (Å²) in [6.45, 7) is 6.39. The van der Waals surface area contributed by atoms with Crippen LogP contribution in [0.3, 0.4) is 0 Å². The van der Waals surface area contributed by atoms with Crippen LogP contribution in [-0.4, -0.2) is 32.8 Å². The highest BCUT2D eigenvalue weighted by molar-refractivity contribution is 7.99. The second-order valence-corrected chi connectivity index (χ2v) is 8.00. The molecule has 0 aliphatic carbocycles. The van der Waals surface area contributed by atoms with Crippen molar-refractivity contribution in [2.45, 2.75) is 37.1 Å². The fourth-order valence-corrected chi connectivity index (χ4v) is 4.20. The number of rotatable bonds is 5. The molecule has 1 saturated heterocycles. The van der Waals surface area contributed by atoms with Gasteiger partial charge in [0.15, 0.2) is 5.16 Å². The second-order valence-electron chi connectivity index (χ2n) is 6.69. The van der Waals surface area contributed by atoms with Crippen molar-refractivity contribution in [3.63, 3.8) is 0 Å². The lowest BCUT2D eigenvalue weighted by atomic mass is 10.2. The van der Waals surface area contributed by atoms with Gasteiger partial charge in [0.1, 0.15) is 0 Å². The molecule has 1 fully saturated rings. The molecule has 0 bridgehead atoms. The van der Waals surface area contributed by atoms with Crippen molar-refractivity contribution in [2.24, 2.45) is 0 Å². The monoisotopic (exact) mass is 365 g/mol. The summed E-state index contributed by atoms with van der Waals surface area (Å²) in [6.07, 6.45) is 6.16. The summed E-state index contributed by atoms with van der Waals surface area (Å²) < 4.78 is 2.20. The minimum Gasteiger partial charge on any atom is -0.341 e. The predicted octanol–water partition coefficient (Wildman–Crippen LogP) is 4.42. The average molecular weight is 366 g/mol. The van der Waals surface area contributed by atoms with Crippen LogP contribution in [0.25, 0.3) is 5.69 Å². The predicted molar refractivity (Wildman–Crippen MR) is 106 cm³/mol. The molecule has 0 saturated carbocycles. The Kier molecular flexibility index (Phi) is 4.93. The quantitative estimate of drug-likeness (QED) is 0.626. The molecule has 0 N–H and O–H groups in total. The van der Waals surface area contributed by atoms with E-state index in [1.807, 2.05) is 12.3 Å². The highest BCUT2D eigenvalue weighted by Crippen LogP contribution is 2.36. The van der Waals surface area contributed by atoms with Gasteiger partial charge in [0.2, 0.25) is 5.95 Å². The fraction of sp³-hybridized carbons (Fsp3) is 0.350. The summed E-state index contributed by atoms with van der Waals surface area (Å²) in [6, 6.07) is 12.7. The lowest BCUT2D eigenvalue weighted by Crippen LogP contribution is -2.22. The van der Waals surface area contributed by atoms with E-state index in [2.05, 4.69) is 68.8 Å². The number of thioether (sulfide) groups is 1. The molecule has 3 heterocycles. The number of pyridine rings is 1. The maximum Gasteiger partial charge on any atom is 0.232 e. The minimum atomic E-state index is 0.253. The van der Waals surface area contributed by atoms with Gasteiger partial charge in [0.05, 0.1) is 5.69 Å². The number of aryl methyl sites for hydroxylation is 1. The van der Waals surface area contributed by atoms with Crippen LogP contribution >= 0.6 is 11.8 Å². The SMILES string of the molecule is Cc1ccc(-n2c(SC(C)c3cccnc3)nnc2N2CCCC2)cc1. The van der Waals surface area contributed by atoms with Gasteiger partial charge in [-0.3, -0.25) is 9.55 Å². The van der Waals surface area contributed by atoms with E-state index < -0.39 is 0 Å². The molecule has 0 radical (unpaired) electrons. The van der Waals surface area contributed by atoms with Crippen molar-refractivity contribution in [1.29, 1.82) is 0 Å². The molecule has 1 atom stereocenters. The summed E-state index contributed by atoms with van der Waals surface area (Å²) in [5.41, 5.74) is 3.56. The molecule has 134 valence electrons. The van der Waals surface area contributed by atoms with Gasteiger partial charge in [-0.1, -0.05) is 35.5 Å². The summed E-state index contributed by atoms with van der Waals surface area (Å²) in [4.78, 5) is 6.58. The van der Waals surface area contributed by atoms with Crippen LogP contribution in [-0.2, 0) is 0 Å². The summed E-state index contributed by atoms with van der Waals surface area (Å²) in [5.74, 6) is 0.951. The lowest BCUT2D eigenvalue weighted by Gasteiger charge is -2.19. The van der Waals surface area contributed by atoms with E-state index in [9.17, 15) is 0 Å². The van der Waals surface area contributed by atoms with E-state index in [0.29, 0.717) is 0 Å². The highest BCUT2D eigenvalue weighted by atomic mass is 32.2. The summed E-state index contributed by atoms with van der Waals surface area (Å²) in [7, 11) is 0. The van der Waals surface area contributed by atoms with Crippen molar-refractivity contribution in [3.05, 3.63) is 59.9 Å². The standard InChI is InChI=1S/C20H23N5S/c1-15-7-9-18(10-8-15)25-19(24-12-3-4-13-24)22-23-20(25)26-16(2)17-6-5-11-21-14-17/h5-11,14,16H,3-4,12-13H2,1-2H3. The van der Waals surface area contributed by atoms with Gasteiger partial charge in [0.25, 0.3) is 0 Å². The molecule has 5 nitrogen and oxygen atoms in total. The van der Waals surface area contributed by atoms with Crippen molar-refractivity contribution in [2.75, 3.05) is 18.0 Å². The van der Waals surface area contributed by atoms with Crippen molar-refractivity contribution in [1.82, 2.24) is 19.7 Å². The van der Waals surface area contributed by atoms with Crippen molar-refractivity contribution in [3.8, 4) is 5.69 Å². The normalized spacial score (nSPS) is 15.4. The highest BCUT2D eigenvalue weighted by Gasteiger charge is 2.23. The number of aromatic nitrogens is 4. The molecule has 2 aromatic heterocycles. The maximum atomic E-state index is 4.55. The summed E-state index contributed by atoms with van der Waals surface area (Å²) in [5, 5.41) is 10.3. The topological polar surface area (TPSA) is 46.8 Å². The molecular formula is C20H23N5S. The Bertz CT molecular complexity index is 854. The van der Waals surface area contributed by atoms with Gasteiger partial charge in [-0.2, -0.15) is 0 Å². The van der Waals surface area contributed by atoms with E-state index in [0.717, 1.165) is 29.9 Å². The molecule has 3 aromatic rings. The maximum absolute atomic E-state index is 4.55. The first kappa shape index (κ1) is 17.1. The summed E-state index contributed by atoms with van der Waals surface area (Å²) >= 11 is 1.72. The van der Waals surface area contributed by atoms with Crippen LogP contribution in [0.5, 0.6) is 0 Å². The fourth-order valence-electron chi connectivity index (χ4n) is 3.22. The Hall–Kier alpha value is -2.34. The van der Waals surface area contributed by atoms with E-state index in [1.54, 1.807) is 18.0 Å². The third kappa shape index (κ3) is 3.46. The van der Waals surface area contributed by atoms with E-state index >= 15 is 0 Å². The zero-order chi connectivity index (χ0) is 17.9. The smallest absolute Gasteiger partial charge is 0.232 e. The van der Waals surface area contributed by atoms with Gasteiger partial charge in [0, 0.05) is 30.7 Å². The van der Waals surface area contributed by atoms with Gasteiger partial charge in [-0.05, 0) is 50.5 Å².